The largest absolute Gasteiger partial charge is 0.374 e. The second kappa shape index (κ2) is 3.93. The molecule has 0 spiro atoms. The summed E-state index contributed by atoms with van der Waals surface area (Å²) in [7, 11) is 1.71. The Morgan fingerprint density at radius 1 is 1.40 bits per heavy atom. The first kappa shape index (κ1) is 10.0. The fourth-order valence-electron chi connectivity index (χ4n) is 2.08. The van der Waals surface area contributed by atoms with Gasteiger partial charge in [-0.25, -0.2) is 0 Å². The molecule has 0 saturated heterocycles. The molecule has 1 aromatic rings. The second-order valence-electron chi connectivity index (χ2n) is 3.76. The zero-order valence-electron chi connectivity index (χ0n) is 8.68. The van der Waals surface area contributed by atoms with Gasteiger partial charge in [-0.1, -0.05) is 29.4 Å². The van der Waals surface area contributed by atoms with Crippen molar-refractivity contribution in [1.82, 2.24) is 0 Å². The van der Waals surface area contributed by atoms with Gasteiger partial charge in [0.1, 0.15) is 0 Å². The van der Waals surface area contributed by atoms with Gasteiger partial charge >= 0.3 is 0 Å². The lowest BCUT2D eigenvalue weighted by Crippen LogP contribution is -2.36. The minimum atomic E-state index is -0.217. The molecule has 0 bridgehead atoms. The molecule has 0 heterocycles. The van der Waals surface area contributed by atoms with E-state index in [1.807, 2.05) is 24.3 Å². The normalized spacial score (nSPS) is 17.7. The Balaban J connectivity index is 2.46. The van der Waals surface area contributed by atoms with Gasteiger partial charge in [-0.3, -0.25) is 0 Å². The van der Waals surface area contributed by atoms with Gasteiger partial charge in [-0.2, -0.15) is 0 Å². The first-order valence-corrected chi connectivity index (χ1v) is 5.02. The molecule has 0 radical (unpaired) electrons. The monoisotopic (exact) mass is 203 g/mol. The molecule has 1 saturated carbocycles. The minimum Gasteiger partial charge on any atom is -0.374 e. The van der Waals surface area contributed by atoms with Crippen LogP contribution >= 0.6 is 0 Å². The molecule has 0 unspecified atom stereocenters. The van der Waals surface area contributed by atoms with Crippen molar-refractivity contribution < 1.29 is 4.74 Å². The van der Waals surface area contributed by atoms with Gasteiger partial charge in [0.05, 0.1) is 5.60 Å². The Morgan fingerprint density at radius 3 is 2.67 bits per heavy atom. The molecule has 0 aliphatic heterocycles. The third kappa shape index (κ3) is 1.58. The number of hydrogen-bond acceptors (Lipinski definition) is 2. The van der Waals surface area contributed by atoms with Gasteiger partial charge in [0, 0.05) is 17.7 Å². The number of rotatable bonds is 3. The average Bonchev–Trinajstić information content (AvgIpc) is 2.20. The lowest BCUT2D eigenvalue weighted by molar-refractivity contribution is -0.0773. The van der Waals surface area contributed by atoms with Crippen molar-refractivity contribution in [2.75, 3.05) is 7.11 Å². The quantitative estimate of drug-likeness (QED) is 0.420. The van der Waals surface area contributed by atoms with E-state index in [4.69, 9.17) is 10.3 Å². The van der Waals surface area contributed by atoms with Crippen LogP contribution in [0.1, 0.15) is 24.8 Å². The molecule has 4 nitrogen and oxygen atoms in total. The summed E-state index contributed by atoms with van der Waals surface area (Å²) in [5.74, 6) is 0. The van der Waals surface area contributed by atoms with Crippen molar-refractivity contribution in [3.8, 4) is 0 Å². The highest BCUT2D eigenvalue weighted by Gasteiger charge is 2.39. The third-order valence-corrected chi connectivity index (χ3v) is 3.10. The molecule has 78 valence electrons. The summed E-state index contributed by atoms with van der Waals surface area (Å²) in [6.07, 6.45) is 3.17. The van der Waals surface area contributed by atoms with E-state index >= 15 is 0 Å². The molecule has 4 heteroatoms. The number of benzene rings is 1. The molecular formula is C11H13N3O. The molecule has 2 rings (SSSR count). The van der Waals surface area contributed by atoms with Gasteiger partial charge in [-0.15, -0.1) is 0 Å². The van der Waals surface area contributed by atoms with E-state index < -0.39 is 0 Å². The summed E-state index contributed by atoms with van der Waals surface area (Å²) < 4.78 is 5.56. The molecular weight excluding hydrogens is 190 g/mol. The summed E-state index contributed by atoms with van der Waals surface area (Å²) in [4.78, 5) is 2.84. The van der Waals surface area contributed by atoms with E-state index in [1.165, 1.54) is 6.42 Å². The molecule has 1 aromatic carbocycles. The Bertz CT molecular complexity index is 401. The van der Waals surface area contributed by atoms with Crippen LogP contribution < -0.4 is 0 Å². The van der Waals surface area contributed by atoms with Crippen LogP contribution in [0.3, 0.4) is 0 Å². The zero-order valence-corrected chi connectivity index (χ0v) is 8.68. The predicted octanol–water partition coefficient (Wildman–Crippen LogP) is 3.65. The molecule has 15 heavy (non-hydrogen) atoms. The molecule has 0 atom stereocenters. The van der Waals surface area contributed by atoms with E-state index in [9.17, 15) is 0 Å². The Kier molecular flexibility index (Phi) is 2.62. The molecule has 0 aromatic heterocycles. The van der Waals surface area contributed by atoms with Crippen LogP contribution in [0.5, 0.6) is 0 Å². The lowest BCUT2D eigenvalue weighted by Gasteiger charge is -2.41. The van der Waals surface area contributed by atoms with Crippen molar-refractivity contribution in [3.05, 3.63) is 40.3 Å². The summed E-state index contributed by atoms with van der Waals surface area (Å²) in [6.45, 7) is 0. The van der Waals surface area contributed by atoms with Gasteiger partial charge < -0.3 is 4.74 Å². The van der Waals surface area contributed by atoms with Crippen LogP contribution in [0.2, 0.25) is 0 Å². The molecule has 1 aliphatic carbocycles. The predicted molar refractivity (Wildman–Crippen MR) is 57.8 cm³/mol. The van der Waals surface area contributed by atoms with Crippen LogP contribution in [0, 0.1) is 0 Å². The van der Waals surface area contributed by atoms with Crippen LogP contribution in [-0.2, 0) is 10.3 Å². The topological polar surface area (TPSA) is 58.0 Å². The number of methoxy groups -OCH3 is 1. The highest BCUT2D eigenvalue weighted by molar-refractivity contribution is 5.49. The summed E-state index contributed by atoms with van der Waals surface area (Å²) in [5.41, 5.74) is 9.97. The maximum absolute atomic E-state index is 8.49. The van der Waals surface area contributed by atoms with Crippen LogP contribution in [-0.4, -0.2) is 7.11 Å². The smallest absolute Gasteiger partial charge is 0.0932 e. The Morgan fingerprint density at radius 2 is 2.13 bits per heavy atom. The summed E-state index contributed by atoms with van der Waals surface area (Å²) >= 11 is 0. The number of nitrogens with zero attached hydrogens (tertiary/aromatic N) is 3. The first-order valence-electron chi connectivity index (χ1n) is 5.02. The SMILES string of the molecule is COC1(c2ccccc2N=[N+]=[N-])CCC1. The van der Waals surface area contributed by atoms with Crippen LogP contribution in [0.15, 0.2) is 29.4 Å². The number of ether oxygens (including phenoxy) is 1. The number of azide groups is 1. The maximum atomic E-state index is 8.49. The fourth-order valence-corrected chi connectivity index (χ4v) is 2.08. The third-order valence-electron chi connectivity index (χ3n) is 3.10. The van der Waals surface area contributed by atoms with Crippen LogP contribution in [0.25, 0.3) is 10.4 Å². The molecule has 1 fully saturated rings. The average molecular weight is 203 g/mol. The van der Waals surface area contributed by atoms with Crippen molar-refractivity contribution in [2.24, 2.45) is 5.11 Å². The van der Waals surface area contributed by atoms with Crippen molar-refractivity contribution >= 4 is 5.69 Å². The molecule has 1 aliphatic rings. The highest BCUT2D eigenvalue weighted by atomic mass is 16.5. The summed E-state index contributed by atoms with van der Waals surface area (Å²) in [5, 5.41) is 3.70. The van der Waals surface area contributed by atoms with E-state index in [0.29, 0.717) is 5.69 Å². The highest BCUT2D eigenvalue weighted by Crippen LogP contribution is 2.47. The lowest BCUT2D eigenvalue weighted by atomic mass is 9.74. The standard InChI is InChI=1S/C11H13N3O/c1-15-11(7-4-8-11)9-5-2-3-6-10(9)13-14-12/h2-3,5-6H,4,7-8H2,1H3. The number of hydrogen-bond donors (Lipinski definition) is 0. The molecule has 0 N–H and O–H groups in total. The maximum Gasteiger partial charge on any atom is 0.0932 e. The first-order chi connectivity index (χ1) is 7.32. The zero-order chi connectivity index (χ0) is 10.7. The van der Waals surface area contributed by atoms with Crippen LogP contribution in [0.4, 0.5) is 5.69 Å². The van der Waals surface area contributed by atoms with E-state index in [1.54, 1.807) is 7.11 Å². The van der Waals surface area contributed by atoms with E-state index in [0.717, 1.165) is 18.4 Å². The van der Waals surface area contributed by atoms with E-state index in [2.05, 4.69) is 10.0 Å². The Hall–Kier alpha value is -1.51. The molecule has 0 amide bonds. The van der Waals surface area contributed by atoms with Gasteiger partial charge in [0.15, 0.2) is 0 Å². The van der Waals surface area contributed by atoms with Crippen molar-refractivity contribution in [2.45, 2.75) is 24.9 Å². The van der Waals surface area contributed by atoms with E-state index in [-0.39, 0.29) is 5.60 Å². The van der Waals surface area contributed by atoms with Crippen molar-refractivity contribution in [1.29, 1.82) is 0 Å². The van der Waals surface area contributed by atoms with Gasteiger partial charge in [0.2, 0.25) is 0 Å². The Labute approximate surface area is 88.5 Å². The van der Waals surface area contributed by atoms with Crippen molar-refractivity contribution in [3.63, 3.8) is 0 Å². The fraction of sp³-hybridized carbons (Fsp3) is 0.455. The summed E-state index contributed by atoms with van der Waals surface area (Å²) in [6, 6.07) is 7.63. The van der Waals surface area contributed by atoms with Gasteiger partial charge in [0.25, 0.3) is 0 Å². The van der Waals surface area contributed by atoms with Gasteiger partial charge in [-0.05, 0) is 30.4 Å². The second-order valence-corrected chi connectivity index (χ2v) is 3.76. The minimum absolute atomic E-state index is 0.217.